The quantitative estimate of drug-likeness (QED) is 0.491. The lowest BCUT2D eigenvalue weighted by Gasteiger charge is -2.37. The van der Waals surface area contributed by atoms with Crippen LogP contribution in [0.5, 0.6) is 0 Å². The molecule has 0 fully saturated rings. The third-order valence-corrected chi connectivity index (χ3v) is 6.08. The van der Waals surface area contributed by atoms with E-state index in [4.69, 9.17) is 11.6 Å². The Hall–Kier alpha value is -2.12. The minimum atomic E-state index is -4.43. The van der Waals surface area contributed by atoms with Crippen molar-refractivity contribution in [1.29, 1.82) is 0 Å². The molecule has 0 bridgehead atoms. The minimum absolute atomic E-state index is 0.247. The second-order valence-corrected chi connectivity index (χ2v) is 8.73. The Morgan fingerprint density at radius 3 is 2.43 bits per heavy atom. The maximum atomic E-state index is 13.4. The molecule has 1 aliphatic rings. The van der Waals surface area contributed by atoms with Crippen LogP contribution in [0.1, 0.15) is 30.5 Å². The van der Waals surface area contributed by atoms with Crippen LogP contribution in [0.2, 0.25) is 0 Å². The van der Waals surface area contributed by atoms with E-state index in [1.54, 1.807) is 12.1 Å². The number of fused-ring (bicyclic) bond motifs is 1. The molecule has 1 amide bonds. The van der Waals surface area contributed by atoms with Gasteiger partial charge in [-0.05, 0) is 53.9 Å². The predicted molar refractivity (Wildman–Crippen MR) is 109 cm³/mol. The Morgan fingerprint density at radius 1 is 1.13 bits per heavy atom. The van der Waals surface area contributed by atoms with Crippen molar-refractivity contribution in [1.82, 2.24) is 4.90 Å². The highest BCUT2D eigenvalue weighted by Crippen LogP contribution is 2.32. The van der Waals surface area contributed by atoms with Gasteiger partial charge in [-0.25, -0.2) is 4.39 Å². The first kappa shape index (κ1) is 22.6. The normalized spacial score (nSPS) is 16.1. The van der Waals surface area contributed by atoms with E-state index in [1.165, 1.54) is 18.2 Å². The number of nitrogens with one attached hydrogen (secondary N) is 1. The summed E-state index contributed by atoms with van der Waals surface area (Å²) in [6.07, 6.45) is -3.72. The van der Waals surface area contributed by atoms with Gasteiger partial charge in [0.2, 0.25) is 5.91 Å². The standard InChI is InChI=1S/C22H23ClF4N2O/c1-21(2,13-29-10-9-14-11-17(24)6-3-15(14)12-29)19(23)20(30)28-18-7-4-16(5-8-18)22(25,26)27/h3-8,11,19H,9-10,12-13H2,1-2H3,(H,28,30). The van der Waals surface area contributed by atoms with Crippen molar-refractivity contribution in [3.8, 4) is 0 Å². The van der Waals surface area contributed by atoms with Crippen LogP contribution in [0.15, 0.2) is 42.5 Å². The number of benzene rings is 2. The van der Waals surface area contributed by atoms with E-state index in [9.17, 15) is 22.4 Å². The minimum Gasteiger partial charge on any atom is -0.325 e. The van der Waals surface area contributed by atoms with Gasteiger partial charge in [-0.15, -0.1) is 11.6 Å². The van der Waals surface area contributed by atoms with E-state index >= 15 is 0 Å². The molecule has 8 heteroatoms. The molecule has 1 atom stereocenters. The lowest BCUT2D eigenvalue weighted by atomic mass is 9.86. The molecule has 0 saturated heterocycles. The molecular weight excluding hydrogens is 420 g/mol. The SMILES string of the molecule is CC(C)(CN1CCc2cc(F)ccc2C1)C(Cl)C(=O)Nc1ccc(C(F)(F)F)cc1. The Morgan fingerprint density at radius 2 is 1.80 bits per heavy atom. The molecule has 0 radical (unpaired) electrons. The molecule has 162 valence electrons. The Labute approximate surface area is 178 Å². The third-order valence-electron chi connectivity index (χ3n) is 5.29. The van der Waals surface area contributed by atoms with Crippen molar-refractivity contribution in [2.75, 3.05) is 18.4 Å². The molecule has 30 heavy (non-hydrogen) atoms. The summed E-state index contributed by atoms with van der Waals surface area (Å²) in [5.41, 5.74) is 0.914. The highest BCUT2D eigenvalue weighted by atomic mass is 35.5. The van der Waals surface area contributed by atoms with Crippen molar-refractivity contribution in [3.63, 3.8) is 0 Å². The molecule has 0 saturated carbocycles. The number of halogens is 5. The summed E-state index contributed by atoms with van der Waals surface area (Å²) in [4.78, 5) is 14.8. The smallest absolute Gasteiger partial charge is 0.325 e. The van der Waals surface area contributed by atoms with Gasteiger partial charge in [-0.1, -0.05) is 19.9 Å². The van der Waals surface area contributed by atoms with Crippen LogP contribution in [0.4, 0.5) is 23.2 Å². The molecule has 2 aromatic carbocycles. The fraction of sp³-hybridized carbons (Fsp3) is 0.409. The van der Waals surface area contributed by atoms with Crippen LogP contribution in [-0.2, 0) is 23.9 Å². The van der Waals surface area contributed by atoms with Crippen LogP contribution >= 0.6 is 11.6 Å². The van der Waals surface area contributed by atoms with E-state index in [0.717, 1.165) is 29.8 Å². The highest BCUT2D eigenvalue weighted by Gasteiger charge is 2.36. The Bertz CT molecular complexity index is 912. The van der Waals surface area contributed by atoms with Crippen molar-refractivity contribution < 1.29 is 22.4 Å². The van der Waals surface area contributed by atoms with Crippen LogP contribution < -0.4 is 5.32 Å². The highest BCUT2D eigenvalue weighted by molar-refractivity contribution is 6.33. The summed E-state index contributed by atoms with van der Waals surface area (Å²) >= 11 is 6.45. The molecule has 0 aliphatic carbocycles. The van der Waals surface area contributed by atoms with Crippen LogP contribution in [0, 0.1) is 11.2 Å². The van der Waals surface area contributed by atoms with Crippen molar-refractivity contribution in [2.24, 2.45) is 5.41 Å². The number of hydrogen-bond donors (Lipinski definition) is 1. The average molecular weight is 443 g/mol. The van der Waals surface area contributed by atoms with E-state index in [1.807, 2.05) is 13.8 Å². The van der Waals surface area contributed by atoms with Crippen LogP contribution in [-0.4, -0.2) is 29.3 Å². The van der Waals surface area contributed by atoms with Gasteiger partial charge in [0.1, 0.15) is 11.2 Å². The number of carbonyl (C=O) groups is 1. The maximum absolute atomic E-state index is 13.4. The van der Waals surface area contributed by atoms with Crippen LogP contribution in [0.25, 0.3) is 0 Å². The summed E-state index contributed by atoms with van der Waals surface area (Å²) < 4.78 is 51.4. The molecule has 1 aliphatic heterocycles. The monoisotopic (exact) mass is 442 g/mol. The predicted octanol–water partition coefficient (Wildman–Crippen LogP) is 5.47. The third kappa shape index (κ3) is 5.32. The van der Waals surface area contributed by atoms with E-state index < -0.39 is 28.4 Å². The van der Waals surface area contributed by atoms with E-state index in [-0.39, 0.29) is 11.5 Å². The van der Waals surface area contributed by atoms with E-state index in [2.05, 4.69) is 10.2 Å². The van der Waals surface area contributed by atoms with Crippen molar-refractivity contribution in [3.05, 3.63) is 65.0 Å². The summed E-state index contributed by atoms with van der Waals surface area (Å²) in [6, 6.07) is 9.01. The summed E-state index contributed by atoms with van der Waals surface area (Å²) in [6.45, 7) is 5.65. The van der Waals surface area contributed by atoms with Gasteiger partial charge in [0.25, 0.3) is 0 Å². The number of rotatable bonds is 5. The fourth-order valence-electron chi connectivity index (χ4n) is 3.67. The zero-order valence-corrected chi connectivity index (χ0v) is 17.4. The molecule has 2 aromatic rings. The number of alkyl halides is 4. The number of hydrogen-bond acceptors (Lipinski definition) is 2. The Balaban J connectivity index is 1.61. The first-order chi connectivity index (χ1) is 14.0. The lowest BCUT2D eigenvalue weighted by molar-refractivity contribution is -0.137. The number of anilines is 1. The molecular formula is C22H23ClF4N2O. The van der Waals surface area contributed by atoms with Crippen molar-refractivity contribution >= 4 is 23.2 Å². The zero-order chi connectivity index (χ0) is 22.1. The molecule has 3 nitrogen and oxygen atoms in total. The summed E-state index contributed by atoms with van der Waals surface area (Å²) in [5, 5.41) is 1.69. The van der Waals surface area contributed by atoms with E-state index in [0.29, 0.717) is 19.5 Å². The number of amides is 1. The maximum Gasteiger partial charge on any atom is 0.416 e. The van der Waals surface area contributed by atoms with Gasteiger partial charge in [0, 0.05) is 30.7 Å². The Kier molecular flexibility index (Phi) is 6.43. The van der Waals surface area contributed by atoms with Crippen molar-refractivity contribution in [2.45, 2.75) is 38.4 Å². The second kappa shape index (κ2) is 8.55. The van der Waals surface area contributed by atoms with Gasteiger partial charge >= 0.3 is 6.18 Å². The van der Waals surface area contributed by atoms with Gasteiger partial charge in [-0.3, -0.25) is 9.69 Å². The summed E-state index contributed by atoms with van der Waals surface area (Å²) in [7, 11) is 0. The molecule has 1 heterocycles. The lowest BCUT2D eigenvalue weighted by Crippen LogP contribution is -2.45. The van der Waals surface area contributed by atoms with Gasteiger partial charge in [-0.2, -0.15) is 13.2 Å². The number of nitrogens with zero attached hydrogens (tertiary/aromatic N) is 1. The van der Waals surface area contributed by atoms with Gasteiger partial charge in [0.15, 0.2) is 0 Å². The topological polar surface area (TPSA) is 32.3 Å². The molecule has 1 N–H and O–H groups in total. The van der Waals surface area contributed by atoms with Gasteiger partial charge in [0.05, 0.1) is 5.56 Å². The number of carbonyl (C=O) groups excluding carboxylic acids is 1. The fourth-order valence-corrected chi connectivity index (χ4v) is 3.80. The van der Waals surface area contributed by atoms with Crippen LogP contribution in [0.3, 0.4) is 0 Å². The molecule has 0 spiro atoms. The summed E-state index contributed by atoms with van der Waals surface area (Å²) in [5.74, 6) is -0.718. The zero-order valence-electron chi connectivity index (χ0n) is 16.7. The second-order valence-electron chi connectivity index (χ2n) is 8.29. The molecule has 1 unspecified atom stereocenters. The molecule has 0 aromatic heterocycles. The first-order valence-corrected chi connectivity index (χ1v) is 10.0. The van der Waals surface area contributed by atoms with Gasteiger partial charge < -0.3 is 5.32 Å². The largest absolute Gasteiger partial charge is 0.416 e. The molecule has 3 rings (SSSR count). The average Bonchev–Trinajstić information content (AvgIpc) is 2.67. The first-order valence-electron chi connectivity index (χ1n) is 9.57.